The smallest absolute Gasteiger partial charge is 0.275 e. The van der Waals surface area contributed by atoms with Crippen LogP contribution in [0.3, 0.4) is 0 Å². The van der Waals surface area contributed by atoms with Gasteiger partial charge in [-0.3, -0.25) is 9.48 Å². The Hall–Kier alpha value is -3.63. The fraction of sp³-hybridized carbons (Fsp3) is 0.346. The predicted molar refractivity (Wildman–Crippen MR) is 138 cm³/mol. The van der Waals surface area contributed by atoms with Crippen molar-refractivity contribution in [2.75, 3.05) is 26.7 Å². The van der Waals surface area contributed by atoms with Crippen LogP contribution >= 0.6 is 11.3 Å². The summed E-state index contributed by atoms with van der Waals surface area (Å²) < 4.78 is 15.5. The maximum atomic E-state index is 13.9. The quantitative estimate of drug-likeness (QED) is 0.456. The molecule has 2 aliphatic rings. The lowest BCUT2D eigenvalue weighted by atomic mass is 9.96. The molecule has 1 amide bonds. The Labute approximate surface area is 213 Å². The minimum Gasteiger partial charge on any atom is -0.496 e. The molecule has 10 heteroatoms. The van der Waals surface area contributed by atoms with Crippen molar-refractivity contribution in [2.45, 2.75) is 26.0 Å². The average Bonchev–Trinajstić information content (AvgIpc) is 3.62. The molecule has 5 heterocycles. The standard InChI is InChI=1S/C26H28N6O3S/c1-26(2)15-27-7-9-31(26)25(33)23-19-13-35-22-12-21(34-4)17(20-5-8-30(3)28-20)11-18(22)24(19)32(29-23)16-6-10-36-14-16/h5-6,8,10-12,14,27H,7,9,13,15H2,1-4H3. The average molecular weight is 505 g/mol. The van der Waals surface area contributed by atoms with Crippen LogP contribution in [-0.2, 0) is 13.7 Å². The van der Waals surface area contributed by atoms with Gasteiger partial charge in [-0.05, 0) is 37.4 Å². The van der Waals surface area contributed by atoms with Gasteiger partial charge in [0.15, 0.2) is 5.69 Å². The molecule has 0 spiro atoms. The third-order valence-electron chi connectivity index (χ3n) is 6.90. The predicted octanol–water partition coefficient (Wildman–Crippen LogP) is 3.73. The van der Waals surface area contributed by atoms with Gasteiger partial charge in [-0.1, -0.05) is 0 Å². The fourth-order valence-corrected chi connectivity index (χ4v) is 5.65. The zero-order valence-corrected chi connectivity index (χ0v) is 21.6. The molecule has 1 saturated heterocycles. The number of rotatable bonds is 4. The summed E-state index contributed by atoms with van der Waals surface area (Å²) in [6, 6.07) is 7.89. The first kappa shape index (κ1) is 22.8. The lowest BCUT2D eigenvalue weighted by molar-refractivity contribution is 0.0468. The Kier molecular flexibility index (Phi) is 5.38. The first-order valence-corrected chi connectivity index (χ1v) is 12.8. The Morgan fingerprint density at radius 3 is 2.78 bits per heavy atom. The Bertz CT molecular complexity index is 1450. The molecule has 0 radical (unpaired) electrons. The normalized spacial score (nSPS) is 16.3. The number of thiophene rings is 1. The Balaban J connectivity index is 1.55. The van der Waals surface area contributed by atoms with E-state index in [9.17, 15) is 4.79 Å². The number of hydrogen-bond acceptors (Lipinski definition) is 7. The number of hydrogen-bond donors (Lipinski definition) is 1. The van der Waals surface area contributed by atoms with E-state index in [1.165, 1.54) is 0 Å². The number of nitrogens with zero attached hydrogens (tertiary/aromatic N) is 5. The second-order valence-corrected chi connectivity index (χ2v) is 10.5. The van der Waals surface area contributed by atoms with E-state index < -0.39 is 0 Å². The summed E-state index contributed by atoms with van der Waals surface area (Å²) in [4.78, 5) is 15.8. The zero-order chi connectivity index (χ0) is 25.0. The zero-order valence-electron chi connectivity index (χ0n) is 20.7. The number of fused-ring (bicyclic) bond motifs is 3. The van der Waals surface area contributed by atoms with E-state index in [0.29, 0.717) is 23.7 Å². The van der Waals surface area contributed by atoms with Crippen LogP contribution in [0.1, 0.15) is 29.9 Å². The van der Waals surface area contributed by atoms with Crippen LogP contribution in [0.25, 0.3) is 28.2 Å². The van der Waals surface area contributed by atoms with Crippen LogP contribution in [0.15, 0.2) is 41.2 Å². The van der Waals surface area contributed by atoms with Crippen LogP contribution in [-0.4, -0.2) is 62.7 Å². The van der Waals surface area contributed by atoms with Crippen LogP contribution in [0.2, 0.25) is 0 Å². The van der Waals surface area contributed by atoms with Crippen molar-refractivity contribution in [1.29, 1.82) is 0 Å². The maximum Gasteiger partial charge on any atom is 0.275 e. The highest BCUT2D eigenvalue weighted by molar-refractivity contribution is 7.08. The van der Waals surface area contributed by atoms with Crippen molar-refractivity contribution < 1.29 is 14.3 Å². The Morgan fingerprint density at radius 1 is 1.22 bits per heavy atom. The molecule has 0 atom stereocenters. The van der Waals surface area contributed by atoms with Gasteiger partial charge >= 0.3 is 0 Å². The highest BCUT2D eigenvalue weighted by atomic mass is 32.1. The summed E-state index contributed by atoms with van der Waals surface area (Å²) >= 11 is 1.59. The molecule has 9 nitrogen and oxygen atoms in total. The van der Waals surface area contributed by atoms with Gasteiger partial charge in [0.25, 0.3) is 5.91 Å². The summed E-state index contributed by atoms with van der Waals surface area (Å²) in [7, 11) is 3.53. The molecule has 0 unspecified atom stereocenters. The van der Waals surface area contributed by atoms with Crippen molar-refractivity contribution in [3.8, 4) is 39.7 Å². The number of nitrogens with one attached hydrogen (secondary N) is 1. The molecule has 0 aliphatic carbocycles. The third-order valence-corrected chi connectivity index (χ3v) is 7.57. The van der Waals surface area contributed by atoms with Gasteiger partial charge in [-0.15, -0.1) is 0 Å². The number of piperazine rings is 1. The summed E-state index contributed by atoms with van der Waals surface area (Å²) in [5.41, 5.74) is 5.20. The number of methoxy groups -OCH3 is 1. The van der Waals surface area contributed by atoms with Gasteiger partial charge in [0, 0.05) is 61.0 Å². The summed E-state index contributed by atoms with van der Waals surface area (Å²) in [6.45, 7) is 6.54. The summed E-state index contributed by atoms with van der Waals surface area (Å²) in [5.74, 6) is 1.30. The molecule has 0 bridgehead atoms. The van der Waals surface area contributed by atoms with Crippen LogP contribution in [0, 0.1) is 0 Å². The third kappa shape index (κ3) is 3.59. The van der Waals surface area contributed by atoms with Gasteiger partial charge in [0.1, 0.15) is 18.1 Å². The van der Waals surface area contributed by atoms with E-state index in [1.54, 1.807) is 23.1 Å². The number of carbonyl (C=O) groups excluding carboxylic acids is 1. The molecular formula is C26H28N6O3S. The minimum absolute atomic E-state index is 0.0720. The monoisotopic (exact) mass is 504 g/mol. The van der Waals surface area contributed by atoms with E-state index in [2.05, 4.69) is 24.3 Å². The van der Waals surface area contributed by atoms with Gasteiger partial charge in [0.2, 0.25) is 0 Å². The molecule has 0 saturated carbocycles. The molecule has 3 aromatic heterocycles. The molecule has 36 heavy (non-hydrogen) atoms. The second-order valence-electron chi connectivity index (χ2n) is 9.73. The fourth-order valence-electron chi connectivity index (χ4n) is 5.03. The number of carbonyl (C=O) groups is 1. The lowest BCUT2D eigenvalue weighted by Crippen LogP contribution is -2.60. The number of ether oxygens (including phenoxy) is 2. The van der Waals surface area contributed by atoms with Crippen molar-refractivity contribution in [1.82, 2.24) is 29.8 Å². The molecule has 1 N–H and O–H groups in total. The van der Waals surface area contributed by atoms with Crippen molar-refractivity contribution in [2.24, 2.45) is 7.05 Å². The molecular weight excluding hydrogens is 476 g/mol. The number of benzene rings is 1. The van der Waals surface area contributed by atoms with Gasteiger partial charge < -0.3 is 19.7 Å². The topological polar surface area (TPSA) is 86.4 Å². The minimum atomic E-state index is -0.318. The highest BCUT2D eigenvalue weighted by Gasteiger charge is 2.38. The summed E-state index contributed by atoms with van der Waals surface area (Å²) in [6.07, 6.45) is 1.90. The number of aryl methyl sites for hydroxylation is 1. The SMILES string of the molecule is COc1cc2c(cc1-c1ccn(C)n1)-c1c(c(C(=O)N3CCNCC3(C)C)nn1-c1ccsc1)CO2. The number of aromatic nitrogens is 4. The van der Waals surface area contributed by atoms with E-state index in [-0.39, 0.29) is 18.1 Å². The largest absolute Gasteiger partial charge is 0.496 e. The molecule has 4 aromatic rings. The molecule has 186 valence electrons. The molecule has 1 fully saturated rings. The first-order valence-electron chi connectivity index (χ1n) is 11.9. The molecule has 2 aliphatic heterocycles. The van der Waals surface area contributed by atoms with Crippen molar-refractivity contribution >= 4 is 17.2 Å². The van der Waals surface area contributed by atoms with E-state index >= 15 is 0 Å². The van der Waals surface area contributed by atoms with Crippen molar-refractivity contribution in [3.63, 3.8) is 0 Å². The van der Waals surface area contributed by atoms with E-state index in [4.69, 9.17) is 14.6 Å². The highest BCUT2D eigenvalue weighted by Crippen LogP contribution is 2.46. The van der Waals surface area contributed by atoms with Crippen LogP contribution < -0.4 is 14.8 Å². The Morgan fingerprint density at radius 2 is 2.08 bits per heavy atom. The lowest BCUT2D eigenvalue weighted by Gasteiger charge is -2.42. The molecule has 6 rings (SSSR count). The van der Waals surface area contributed by atoms with Crippen LogP contribution in [0.4, 0.5) is 0 Å². The van der Waals surface area contributed by atoms with Gasteiger partial charge in [0.05, 0.1) is 29.7 Å². The van der Waals surface area contributed by atoms with Gasteiger partial charge in [-0.25, -0.2) is 4.68 Å². The number of amides is 1. The van der Waals surface area contributed by atoms with E-state index in [0.717, 1.165) is 46.9 Å². The van der Waals surface area contributed by atoms with E-state index in [1.807, 2.05) is 57.9 Å². The van der Waals surface area contributed by atoms with Crippen molar-refractivity contribution in [3.05, 3.63) is 52.5 Å². The summed E-state index contributed by atoms with van der Waals surface area (Å²) in [5, 5.41) is 16.9. The molecule has 1 aromatic carbocycles. The maximum absolute atomic E-state index is 13.9. The first-order chi connectivity index (χ1) is 17.4. The van der Waals surface area contributed by atoms with Crippen LogP contribution in [0.5, 0.6) is 11.5 Å². The van der Waals surface area contributed by atoms with Gasteiger partial charge in [-0.2, -0.15) is 21.5 Å². The second kappa shape index (κ2) is 8.49.